The van der Waals surface area contributed by atoms with Gasteiger partial charge in [0.2, 0.25) is 11.7 Å². The fraction of sp³-hybridized carbons (Fsp3) is 0.263. The summed E-state index contributed by atoms with van der Waals surface area (Å²) in [4.78, 5) is 21.9. The molecule has 0 radical (unpaired) electrons. The molecule has 8 heteroatoms. The summed E-state index contributed by atoms with van der Waals surface area (Å²) in [5.74, 6) is 4.03. The number of imidazole rings is 1. The highest BCUT2D eigenvalue weighted by atomic mass is 28.3. The van der Waals surface area contributed by atoms with Crippen molar-refractivity contribution in [2.45, 2.75) is 26.6 Å². The second kappa shape index (κ2) is 5.92. The lowest BCUT2D eigenvalue weighted by Gasteiger charge is -2.09. The summed E-state index contributed by atoms with van der Waals surface area (Å²) in [6.45, 7) is 8.25. The van der Waals surface area contributed by atoms with Crippen molar-refractivity contribution in [3.05, 3.63) is 46.3 Å². The normalized spacial score (nSPS) is 11.7. The first-order chi connectivity index (χ1) is 12.8. The van der Waals surface area contributed by atoms with Crippen molar-refractivity contribution >= 4 is 24.6 Å². The SMILES string of the molecule is Cc1nc(-c2ncn3c4cccc(C#C[Si](C)(C)C)c4c(=O)n(C)c23)no1. The van der Waals surface area contributed by atoms with E-state index < -0.39 is 8.07 Å². The van der Waals surface area contributed by atoms with E-state index in [4.69, 9.17) is 4.52 Å². The van der Waals surface area contributed by atoms with Crippen LogP contribution in [0.3, 0.4) is 0 Å². The van der Waals surface area contributed by atoms with E-state index >= 15 is 0 Å². The molecule has 0 bridgehead atoms. The molecule has 0 unspecified atom stereocenters. The van der Waals surface area contributed by atoms with Crippen LogP contribution in [-0.2, 0) is 7.05 Å². The Bertz CT molecular complexity index is 1310. The Hall–Kier alpha value is -3.18. The zero-order valence-corrected chi connectivity index (χ0v) is 16.9. The van der Waals surface area contributed by atoms with Crippen molar-refractivity contribution in [2.24, 2.45) is 7.05 Å². The Balaban J connectivity index is 2.08. The minimum atomic E-state index is -1.57. The van der Waals surface area contributed by atoms with Crippen LogP contribution in [0.15, 0.2) is 33.8 Å². The first-order valence-electron chi connectivity index (χ1n) is 8.59. The number of benzene rings is 1. The number of aryl methyl sites for hydroxylation is 2. The Morgan fingerprint density at radius 2 is 2.00 bits per heavy atom. The molecule has 0 fully saturated rings. The number of fused-ring (bicyclic) bond motifs is 3. The van der Waals surface area contributed by atoms with Crippen molar-refractivity contribution in [3.8, 4) is 23.0 Å². The third-order valence-electron chi connectivity index (χ3n) is 4.19. The van der Waals surface area contributed by atoms with Gasteiger partial charge in [0.25, 0.3) is 5.56 Å². The van der Waals surface area contributed by atoms with Crippen LogP contribution < -0.4 is 5.56 Å². The standard InChI is InChI=1S/C19H19N5O2Si/c1-12-21-17(22-26-12)16-18-23(2)19(25)15-13(9-10-27(3,4)5)7-6-8-14(15)24(18)11-20-16/h6-8,11H,1-5H3. The highest BCUT2D eigenvalue weighted by molar-refractivity contribution is 6.83. The third-order valence-corrected chi connectivity index (χ3v) is 5.07. The van der Waals surface area contributed by atoms with Crippen LogP contribution in [0.25, 0.3) is 28.1 Å². The summed E-state index contributed by atoms with van der Waals surface area (Å²) in [5.41, 5.74) is 5.84. The predicted octanol–water partition coefficient (Wildman–Crippen LogP) is 2.77. The topological polar surface area (TPSA) is 78.2 Å². The van der Waals surface area contributed by atoms with Gasteiger partial charge in [-0.15, -0.1) is 5.54 Å². The predicted molar refractivity (Wildman–Crippen MR) is 106 cm³/mol. The highest BCUT2D eigenvalue weighted by Gasteiger charge is 2.19. The van der Waals surface area contributed by atoms with E-state index in [0.29, 0.717) is 28.4 Å². The first kappa shape index (κ1) is 17.2. The Labute approximate surface area is 156 Å². The first-order valence-corrected chi connectivity index (χ1v) is 12.1. The largest absolute Gasteiger partial charge is 0.339 e. The van der Waals surface area contributed by atoms with Gasteiger partial charge in [-0.25, -0.2) is 4.98 Å². The number of hydrogen-bond acceptors (Lipinski definition) is 5. The number of hydrogen-bond donors (Lipinski definition) is 0. The van der Waals surface area contributed by atoms with Crippen LogP contribution in [0.5, 0.6) is 0 Å². The average Bonchev–Trinajstić information content (AvgIpc) is 3.23. The molecule has 1 aromatic carbocycles. The van der Waals surface area contributed by atoms with Gasteiger partial charge in [-0.1, -0.05) is 36.8 Å². The fourth-order valence-corrected chi connectivity index (χ4v) is 3.49. The van der Waals surface area contributed by atoms with Gasteiger partial charge >= 0.3 is 0 Å². The molecular weight excluding hydrogens is 358 g/mol. The number of aromatic nitrogens is 5. The molecule has 0 saturated carbocycles. The van der Waals surface area contributed by atoms with Crippen LogP contribution in [0, 0.1) is 18.4 Å². The lowest BCUT2D eigenvalue weighted by molar-refractivity contribution is 0.394. The summed E-state index contributed by atoms with van der Waals surface area (Å²) in [6.07, 6.45) is 1.67. The van der Waals surface area contributed by atoms with E-state index in [0.717, 1.165) is 11.1 Å². The summed E-state index contributed by atoms with van der Waals surface area (Å²) < 4.78 is 8.50. The Morgan fingerprint density at radius 3 is 2.67 bits per heavy atom. The zero-order chi connectivity index (χ0) is 19.3. The van der Waals surface area contributed by atoms with Gasteiger partial charge in [0, 0.05) is 19.5 Å². The quantitative estimate of drug-likeness (QED) is 0.376. The molecule has 3 aromatic heterocycles. The fourth-order valence-electron chi connectivity index (χ4n) is 2.98. The maximum atomic E-state index is 13.2. The smallest absolute Gasteiger partial charge is 0.262 e. The molecule has 0 aliphatic carbocycles. The number of nitrogens with zero attached hydrogens (tertiary/aromatic N) is 5. The summed E-state index contributed by atoms with van der Waals surface area (Å²) in [5, 5.41) is 4.53. The Kier molecular flexibility index (Phi) is 3.78. The molecule has 4 rings (SSSR count). The second-order valence-electron chi connectivity index (χ2n) is 7.49. The minimum Gasteiger partial charge on any atom is -0.339 e. The van der Waals surface area contributed by atoms with Crippen molar-refractivity contribution in [1.82, 2.24) is 24.1 Å². The molecule has 0 aliphatic rings. The molecule has 0 aliphatic heterocycles. The van der Waals surface area contributed by atoms with Gasteiger partial charge in [0.15, 0.2) is 11.3 Å². The van der Waals surface area contributed by atoms with E-state index in [1.165, 1.54) is 0 Å². The van der Waals surface area contributed by atoms with Crippen molar-refractivity contribution in [3.63, 3.8) is 0 Å². The van der Waals surface area contributed by atoms with E-state index in [2.05, 4.69) is 46.2 Å². The second-order valence-corrected chi connectivity index (χ2v) is 12.2. The molecule has 0 amide bonds. The monoisotopic (exact) mass is 377 g/mol. The van der Waals surface area contributed by atoms with E-state index in [1.807, 2.05) is 22.6 Å². The maximum absolute atomic E-state index is 13.2. The molecule has 0 saturated heterocycles. The van der Waals surface area contributed by atoms with E-state index in [1.54, 1.807) is 24.9 Å². The van der Waals surface area contributed by atoms with E-state index in [9.17, 15) is 4.79 Å². The lowest BCUT2D eigenvalue weighted by atomic mass is 10.1. The highest BCUT2D eigenvalue weighted by Crippen LogP contribution is 2.23. The van der Waals surface area contributed by atoms with Gasteiger partial charge in [-0.05, 0) is 12.1 Å². The van der Waals surface area contributed by atoms with Gasteiger partial charge in [0.1, 0.15) is 14.4 Å². The van der Waals surface area contributed by atoms with Gasteiger partial charge in [0.05, 0.1) is 10.9 Å². The average molecular weight is 377 g/mol. The molecule has 136 valence electrons. The van der Waals surface area contributed by atoms with Gasteiger partial charge < -0.3 is 4.52 Å². The van der Waals surface area contributed by atoms with E-state index in [-0.39, 0.29) is 5.56 Å². The van der Waals surface area contributed by atoms with Crippen LogP contribution >= 0.6 is 0 Å². The van der Waals surface area contributed by atoms with Crippen molar-refractivity contribution in [1.29, 1.82) is 0 Å². The number of rotatable bonds is 1. The van der Waals surface area contributed by atoms with Crippen LogP contribution in [0.2, 0.25) is 19.6 Å². The minimum absolute atomic E-state index is 0.125. The maximum Gasteiger partial charge on any atom is 0.262 e. The summed E-state index contributed by atoms with van der Waals surface area (Å²) in [7, 11) is 0.154. The molecule has 27 heavy (non-hydrogen) atoms. The lowest BCUT2D eigenvalue weighted by Crippen LogP contribution is -2.21. The van der Waals surface area contributed by atoms with Crippen molar-refractivity contribution < 1.29 is 4.52 Å². The molecule has 7 nitrogen and oxygen atoms in total. The summed E-state index contributed by atoms with van der Waals surface area (Å²) >= 11 is 0. The van der Waals surface area contributed by atoms with Gasteiger partial charge in [-0.3, -0.25) is 13.8 Å². The molecule has 0 spiro atoms. The molecule has 4 aromatic rings. The summed E-state index contributed by atoms with van der Waals surface area (Å²) in [6, 6.07) is 5.70. The van der Waals surface area contributed by atoms with Gasteiger partial charge in [-0.2, -0.15) is 4.98 Å². The van der Waals surface area contributed by atoms with Crippen LogP contribution in [0.1, 0.15) is 11.5 Å². The molecule has 3 heterocycles. The van der Waals surface area contributed by atoms with Crippen LogP contribution in [0.4, 0.5) is 0 Å². The molecule has 0 atom stereocenters. The molecule has 0 N–H and O–H groups in total. The van der Waals surface area contributed by atoms with Crippen molar-refractivity contribution in [2.75, 3.05) is 0 Å². The zero-order valence-electron chi connectivity index (χ0n) is 15.9. The molecular formula is C19H19N5O2Si. The third kappa shape index (κ3) is 2.86. The Morgan fingerprint density at radius 1 is 1.22 bits per heavy atom. The van der Waals surface area contributed by atoms with Crippen LogP contribution in [-0.4, -0.2) is 32.2 Å².